The summed E-state index contributed by atoms with van der Waals surface area (Å²) >= 11 is 1.57. The van der Waals surface area contributed by atoms with E-state index in [1.54, 1.807) is 31.0 Å². The van der Waals surface area contributed by atoms with Crippen molar-refractivity contribution in [2.45, 2.75) is 11.8 Å². The van der Waals surface area contributed by atoms with Crippen molar-refractivity contribution in [3.05, 3.63) is 23.8 Å². The number of hydrogen-bond acceptors (Lipinski definition) is 4. The fourth-order valence-electron chi connectivity index (χ4n) is 1.13. The summed E-state index contributed by atoms with van der Waals surface area (Å²) in [7, 11) is 1.60. The summed E-state index contributed by atoms with van der Waals surface area (Å²) in [5, 5.41) is 17.9. The molecule has 4 heteroatoms. The number of nitriles is 1. The van der Waals surface area contributed by atoms with Gasteiger partial charge in [0.25, 0.3) is 0 Å². The maximum Gasteiger partial charge on any atom is 0.120 e. The van der Waals surface area contributed by atoms with Gasteiger partial charge in [0.1, 0.15) is 11.8 Å². The van der Waals surface area contributed by atoms with Gasteiger partial charge < -0.3 is 9.84 Å². The van der Waals surface area contributed by atoms with Crippen LogP contribution in [0.3, 0.4) is 0 Å². The number of nitrogens with zero attached hydrogens (tertiary/aromatic N) is 1. The Morgan fingerprint density at radius 2 is 2.31 bits per heavy atom. The Morgan fingerprint density at radius 1 is 1.56 bits per heavy atom. The van der Waals surface area contributed by atoms with Crippen LogP contribution in [0.2, 0.25) is 0 Å². The molecule has 0 radical (unpaired) electrons. The van der Waals surface area contributed by atoms with Gasteiger partial charge in [-0.05, 0) is 24.1 Å². The van der Waals surface area contributed by atoms with Crippen LogP contribution in [-0.4, -0.2) is 24.6 Å². The molecule has 1 atom stereocenters. The average molecular weight is 237 g/mol. The standard InChI is InChI=1S/C12H15NO2S/c1-9(7-14)8-16-12-5-11(15-2)4-3-10(12)6-13/h3-5,9,14H,7-8H2,1-2H3. The Kier molecular flexibility index (Phi) is 5.17. The Morgan fingerprint density at radius 3 is 2.88 bits per heavy atom. The summed E-state index contributed by atoms with van der Waals surface area (Å²) in [6.45, 7) is 2.14. The third-order valence-electron chi connectivity index (χ3n) is 2.14. The first kappa shape index (κ1) is 12.9. The third kappa shape index (κ3) is 3.44. The maximum absolute atomic E-state index is 8.95. The van der Waals surface area contributed by atoms with Crippen LogP contribution < -0.4 is 4.74 Å². The third-order valence-corrected chi connectivity index (χ3v) is 3.53. The van der Waals surface area contributed by atoms with Gasteiger partial charge in [-0.1, -0.05) is 6.92 Å². The van der Waals surface area contributed by atoms with Crippen molar-refractivity contribution in [3.8, 4) is 11.8 Å². The maximum atomic E-state index is 8.95. The van der Waals surface area contributed by atoms with E-state index in [1.165, 1.54) is 0 Å². The lowest BCUT2D eigenvalue weighted by Gasteiger charge is -2.09. The minimum absolute atomic E-state index is 0.166. The first-order valence-electron chi connectivity index (χ1n) is 5.03. The molecule has 1 unspecified atom stereocenters. The van der Waals surface area contributed by atoms with Gasteiger partial charge in [-0.3, -0.25) is 0 Å². The highest BCUT2D eigenvalue weighted by molar-refractivity contribution is 7.99. The molecule has 0 fully saturated rings. The van der Waals surface area contributed by atoms with Gasteiger partial charge in [-0.25, -0.2) is 0 Å². The monoisotopic (exact) mass is 237 g/mol. The van der Waals surface area contributed by atoms with Crippen LogP contribution >= 0.6 is 11.8 Å². The Bertz CT molecular complexity index is 387. The molecule has 16 heavy (non-hydrogen) atoms. The second-order valence-electron chi connectivity index (χ2n) is 3.57. The minimum Gasteiger partial charge on any atom is -0.497 e. The molecule has 3 nitrogen and oxygen atoms in total. The molecule has 1 aromatic carbocycles. The molecule has 0 bridgehead atoms. The fourth-order valence-corrected chi connectivity index (χ4v) is 2.16. The SMILES string of the molecule is COc1ccc(C#N)c(SCC(C)CO)c1. The van der Waals surface area contributed by atoms with Gasteiger partial charge in [0.15, 0.2) is 0 Å². The van der Waals surface area contributed by atoms with E-state index in [0.717, 1.165) is 16.4 Å². The molecule has 0 aliphatic heterocycles. The normalized spacial score (nSPS) is 11.9. The first-order chi connectivity index (χ1) is 7.71. The van der Waals surface area contributed by atoms with Gasteiger partial charge >= 0.3 is 0 Å². The van der Waals surface area contributed by atoms with E-state index in [4.69, 9.17) is 15.1 Å². The molecular weight excluding hydrogens is 222 g/mol. The van der Waals surface area contributed by atoms with E-state index in [1.807, 2.05) is 13.0 Å². The van der Waals surface area contributed by atoms with Crippen molar-refractivity contribution in [1.29, 1.82) is 5.26 Å². The van der Waals surface area contributed by atoms with Crippen molar-refractivity contribution >= 4 is 11.8 Å². The van der Waals surface area contributed by atoms with Crippen molar-refractivity contribution in [2.24, 2.45) is 5.92 Å². The predicted molar refractivity (Wildman–Crippen MR) is 64.7 cm³/mol. The zero-order chi connectivity index (χ0) is 12.0. The molecule has 0 amide bonds. The summed E-state index contributed by atoms with van der Waals surface area (Å²) in [6.07, 6.45) is 0. The van der Waals surface area contributed by atoms with Crippen molar-refractivity contribution in [3.63, 3.8) is 0 Å². The number of ether oxygens (including phenoxy) is 1. The molecule has 0 saturated carbocycles. The fraction of sp³-hybridized carbons (Fsp3) is 0.417. The van der Waals surface area contributed by atoms with Crippen LogP contribution in [0.5, 0.6) is 5.75 Å². The molecule has 0 spiro atoms. The molecule has 1 N–H and O–H groups in total. The van der Waals surface area contributed by atoms with E-state index in [9.17, 15) is 0 Å². The summed E-state index contributed by atoms with van der Waals surface area (Å²) in [4.78, 5) is 0.905. The predicted octanol–water partition coefficient (Wildman–Crippen LogP) is 2.29. The lowest BCUT2D eigenvalue weighted by atomic mass is 10.2. The Balaban J connectivity index is 2.80. The molecule has 0 saturated heterocycles. The number of aliphatic hydroxyl groups excluding tert-OH is 1. The summed E-state index contributed by atoms with van der Waals surface area (Å²) in [6, 6.07) is 7.53. The Labute approximate surface area is 100 Å². The lowest BCUT2D eigenvalue weighted by Crippen LogP contribution is -2.03. The van der Waals surface area contributed by atoms with Gasteiger partial charge in [-0.2, -0.15) is 5.26 Å². The number of rotatable bonds is 5. The van der Waals surface area contributed by atoms with Gasteiger partial charge in [0, 0.05) is 17.3 Å². The average Bonchev–Trinajstić information content (AvgIpc) is 2.35. The number of methoxy groups -OCH3 is 1. The number of benzene rings is 1. The highest BCUT2D eigenvalue weighted by Gasteiger charge is 2.07. The molecule has 1 rings (SSSR count). The smallest absolute Gasteiger partial charge is 0.120 e. The van der Waals surface area contributed by atoms with E-state index in [-0.39, 0.29) is 12.5 Å². The largest absolute Gasteiger partial charge is 0.497 e. The van der Waals surface area contributed by atoms with Crippen molar-refractivity contribution < 1.29 is 9.84 Å². The minimum atomic E-state index is 0.166. The zero-order valence-corrected chi connectivity index (χ0v) is 10.3. The van der Waals surface area contributed by atoms with Crippen LogP contribution in [0, 0.1) is 17.2 Å². The van der Waals surface area contributed by atoms with Gasteiger partial charge in [0.2, 0.25) is 0 Å². The van der Waals surface area contributed by atoms with Crippen LogP contribution in [0.15, 0.2) is 23.1 Å². The van der Waals surface area contributed by atoms with E-state index in [0.29, 0.717) is 5.56 Å². The second kappa shape index (κ2) is 6.41. The molecule has 0 aliphatic rings. The van der Waals surface area contributed by atoms with E-state index < -0.39 is 0 Å². The van der Waals surface area contributed by atoms with Crippen LogP contribution in [0.4, 0.5) is 0 Å². The molecule has 0 heterocycles. The van der Waals surface area contributed by atoms with Crippen molar-refractivity contribution in [1.82, 2.24) is 0 Å². The number of thioether (sulfide) groups is 1. The summed E-state index contributed by atoms with van der Waals surface area (Å²) in [5.41, 5.74) is 0.649. The zero-order valence-electron chi connectivity index (χ0n) is 9.43. The topological polar surface area (TPSA) is 53.2 Å². The molecule has 0 aliphatic carbocycles. The van der Waals surface area contributed by atoms with E-state index in [2.05, 4.69) is 6.07 Å². The van der Waals surface area contributed by atoms with Crippen molar-refractivity contribution in [2.75, 3.05) is 19.5 Å². The first-order valence-corrected chi connectivity index (χ1v) is 6.01. The van der Waals surface area contributed by atoms with Gasteiger partial charge in [-0.15, -0.1) is 11.8 Å². The Hall–Kier alpha value is -1.18. The molecule has 1 aromatic rings. The van der Waals surface area contributed by atoms with E-state index >= 15 is 0 Å². The number of hydrogen-bond donors (Lipinski definition) is 1. The molecular formula is C12H15NO2S. The van der Waals surface area contributed by atoms with Crippen LogP contribution in [0.1, 0.15) is 12.5 Å². The van der Waals surface area contributed by atoms with Gasteiger partial charge in [0.05, 0.1) is 12.7 Å². The van der Waals surface area contributed by atoms with Crippen LogP contribution in [0.25, 0.3) is 0 Å². The highest BCUT2D eigenvalue weighted by Crippen LogP contribution is 2.28. The van der Waals surface area contributed by atoms with Crippen LogP contribution in [-0.2, 0) is 0 Å². The second-order valence-corrected chi connectivity index (χ2v) is 4.63. The number of aliphatic hydroxyl groups is 1. The molecule has 86 valence electrons. The lowest BCUT2D eigenvalue weighted by molar-refractivity contribution is 0.250. The molecule has 0 aromatic heterocycles. The summed E-state index contributed by atoms with van der Waals surface area (Å²) < 4.78 is 5.12. The summed E-state index contributed by atoms with van der Waals surface area (Å²) in [5.74, 6) is 1.76. The quantitative estimate of drug-likeness (QED) is 0.798. The highest BCUT2D eigenvalue weighted by atomic mass is 32.2.